The minimum absolute atomic E-state index is 0.363. The lowest BCUT2D eigenvalue weighted by molar-refractivity contribution is 0.193. The number of nitrogens with zero attached hydrogens (tertiary/aromatic N) is 2. The van der Waals surface area contributed by atoms with Crippen LogP contribution in [0.4, 0.5) is 0 Å². The molecule has 3 heterocycles. The molecule has 4 heteroatoms. The van der Waals surface area contributed by atoms with E-state index in [2.05, 4.69) is 40.5 Å². The van der Waals surface area contributed by atoms with E-state index in [0.717, 1.165) is 42.1 Å². The number of aromatic amines is 1. The molecule has 1 atom stereocenters. The molecule has 4 rings (SSSR count). The average molecular weight is 279 g/mol. The van der Waals surface area contributed by atoms with Crippen LogP contribution in [0.3, 0.4) is 0 Å². The number of rotatable bonds is 2. The third-order valence-electron chi connectivity index (χ3n) is 4.17. The van der Waals surface area contributed by atoms with E-state index < -0.39 is 0 Å². The first kappa shape index (κ1) is 12.5. The maximum atomic E-state index is 5.55. The highest BCUT2D eigenvalue weighted by molar-refractivity contribution is 5.84. The molecule has 0 aliphatic carbocycles. The molecule has 106 valence electrons. The van der Waals surface area contributed by atoms with Crippen LogP contribution in [-0.4, -0.2) is 28.4 Å². The molecule has 0 radical (unpaired) electrons. The number of aromatic nitrogens is 3. The summed E-state index contributed by atoms with van der Waals surface area (Å²) < 4.78 is 5.55. The maximum absolute atomic E-state index is 5.55. The van der Waals surface area contributed by atoms with Gasteiger partial charge in [-0.15, -0.1) is 0 Å². The third-order valence-corrected chi connectivity index (χ3v) is 4.17. The van der Waals surface area contributed by atoms with E-state index in [1.165, 1.54) is 11.1 Å². The topological polar surface area (TPSA) is 50.8 Å². The number of hydrogen-bond donors (Lipinski definition) is 1. The molecular weight excluding hydrogens is 262 g/mol. The van der Waals surface area contributed by atoms with Crippen molar-refractivity contribution in [2.75, 3.05) is 13.2 Å². The van der Waals surface area contributed by atoms with Gasteiger partial charge in [0.15, 0.2) is 5.65 Å². The van der Waals surface area contributed by atoms with Gasteiger partial charge < -0.3 is 4.74 Å². The third kappa shape index (κ3) is 2.12. The monoisotopic (exact) mass is 279 g/mol. The van der Waals surface area contributed by atoms with Crippen LogP contribution in [0.2, 0.25) is 0 Å². The highest BCUT2D eigenvalue weighted by atomic mass is 16.5. The van der Waals surface area contributed by atoms with Crippen molar-refractivity contribution >= 4 is 11.0 Å². The minimum atomic E-state index is 0.363. The lowest BCUT2D eigenvalue weighted by Gasteiger charge is -2.13. The second kappa shape index (κ2) is 4.97. The number of fused-ring (bicyclic) bond motifs is 1. The zero-order valence-corrected chi connectivity index (χ0v) is 12.0. The van der Waals surface area contributed by atoms with Crippen molar-refractivity contribution < 1.29 is 4.74 Å². The lowest BCUT2D eigenvalue weighted by Crippen LogP contribution is -2.04. The second-order valence-electron chi connectivity index (χ2n) is 5.57. The van der Waals surface area contributed by atoms with E-state index in [1.54, 1.807) is 0 Å². The largest absolute Gasteiger partial charge is 0.381 e. The standard InChI is InChI=1S/C17H17N3O/c1-11-14-9-15(12-5-3-2-4-6-12)16(13-7-8-21-10-13)18-17(14)20-19-11/h2-6,9,13H,7-8,10H2,1H3,(H,18,19,20)/t13-/m0/s1. The Bertz CT molecular complexity index is 773. The number of ether oxygens (including phenoxy) is 1. The van der Waals surface area contributed by atoms with Gasteiger partial charge in [-0.25, -0.2) is 4.98 Å². The summed E-state index contributed by atoms with van der Waals surface area (Å²) in [5.74, 6) is 0.363. The summed E-state index contributed by atoms with van der Waals surface area (Å²) in [6.07, 6.45) is 1.03. The molecule has 0 spiro atoms. The van der Waals surface area contributed by atoms with Gasteiger partial charge in [0.1, 0.15) is 0 Å². The second-order valence-corrected chi connectivity index (χ2v) is 5.57. The van der Waals surface area contributed by atoms with E-state index in [0.29, 0.717) is 5.92 Å². The van der Waals surface area contributed by atoms with Gasteiger partial charge in [0, 0.05) is 29.2 Å². The summed E-state index contributed by atoms with van der Waals surface area (Å²) in [6, 6.07) is 12.7. The van der Waals surface area contributed by atoms with Crippen LogP contribution < -0.4 is 0 Å². The van der Waals surface area contributed by atoms with E-state index >= 15 is 0 Å². The molecule has 4 nitrogen and oxygen atoms in total. The summed E-state index contributed by atoms with van der Waals surface area (Å²) in [7, 11) is 0. The van der Waals surface area contributed by atoms with Gasteiger partial charge in [0.2, 0.25) is 0 Å². The van der Waals surface area contributed by atoms with Crippen molar-refractivity contribution in [1.82, 2.24) is 15.2 Å². The smallest absolute Gasteiger partial charge is 0.181 e. The van der Waals surface area contributed by atoms with Gasteiger partial charge in [-0.05, 0) is 25.0 Å². The van der Waals surface area contributed by atoms with Crippen molar-refractivity contribution in [3.8, 4) is 11.1 Å². The number of hydrogen-bond acceptors (Lipinski definition) is 3. The number of pyridine rings is 1. The molecule has 1 aromatic carbocycles. The van der Waals surface area contributed by atoms with Gasteiger partial charge >= 0.3 is 0 Å². The summed E-state index contributed by atoms with van der Waals surface area (Å²) in [4.78, 5) is 4.83. The Morgan fingerprint density at radius 3 is 2.86 bits per heavy atom. The normalized spacial score (nSPS) is 18.4. The van der Waals surface area contributed by atoms with Crippen LogP contribution in [0, 0.1) is 6.92 Å². The number of benzene rings is 1. The van der Waals surface area contributed by atoms with Crippen molar-refractivity contribution in [3.63, 3.8) is 0 Å². The predicted octanol–water partition coefficient (Wildman–Crippen LogP) is 3.44. The molecule has 21 heavy (non-hydrogen) atoms. The van der Waals surface area contributed by atoms with Crippen LogP contribution in [0.25, 0.3) is 22.2 Å². The van der Waals surface area contributed by atoms with Crippen LogP contribution >= 0.6 is 0 Å². The number of H-pyrrole nitrogens is 1. The summed E-state index contributed by atoms with van der Waals surface area (Å²) in [6.45, 7) is 3.60. The Morgan fingerprint density at radius 2 is 2.10 bits per heavy atom. The molecule has 1 N–H and O–H groups in total. The highest BCUT2D eigenvalue weighted by Crippen LogP contribution is 2.34. The molecule has 0 unspecified atom stereocenters. The first-order valence-electron chi connectivity index (χ1n) is 7.31. The first-order chi connectivity index (χ1) is 10.3. The lowest BCUT2D eigenvalue weighted by atomic mass is 9.94. The minimum Gasteiger partial charge on any atom is -0.381 e. The first-order valence-corrected chi connectivity index (χ1v) is 7.31. The summed E-state index contributed by atoms with van der Waals surface area (Å²) >= 11 is 0. The van der Waals surface area contributed by atoms with E-state index in [-0.39, 0.29) is 0 Å². The summed E-state index contributed by atoms with van der Waals surface area (Å²) in [5, 5.41) is 8.43. The number of nitrogens with one attached hydrogen (secondary N) is 1. The van der Waals surface area contributed by atoms with E-state index in [1.807, 2.05) is 13.0 Å². The molecule has 1 fully saturated rings. The quantitative estimate of drug-likeness (QED) is 0.781. The molecule has 0 amide bonds. The van der Waals surface area contributed by atoms with Crippen LogP contribution in [0.5, 0.6) is 0 Å². The van der Waals surface area contributed by atoms with Crippen LogP contribution in [0.15, 0.2) is 36.4 Å². The van der Waals surface area contributed by atoms with Gasteiger partial charge in [0.05, 0.1) is 12.3 Å². The fraction of sp³-hybridized carbons (Fsp3) is 0.294. The fourth-order valence-corrected chi connectivity index (χ4v) is 2.99. The molecule has 1 aliphatic rings. The van der Waals surface area contributed by atoms with E-state index in [4.69, 9.17) is 9.72 Å². The van der Waals surface area contributed by atoms with Crippen LogP contribution in [0.1, 0.15) is 23.7 Å². The highest BCUT2D eigenvalue weighted by Gasteiger charge is 2.24. The maximum Gasteiger partial charge on any atom is 0.181 e. The Kier molecular flexibility index (Phi) is 2.97. The van der Waals surface area contributed by atoms with E-state index in [9.17, 15) is 0 Å². The van der Waals surface area contributed by atoms with Gasteiger partial charge in [-0.3, -0.25) is 5.10 Å². The molecule has 1 saturated heterocycles. The van der Waals surface area contributed by atoms with Gasteiger partial charge in [-0.2, -0.15) is 5.10 Å². The van der Waals surface area contributed by atoms with Crippen molar-refractivity contribution in [2.24, 2.45) is 0 Å². The zero-order chi connectivity index (χ0) is 14.2. The molecule has 1 aliphatic heterocycles. The molecule has 0 saturated carbocycles. The summed E-state index contributed by atoms with van der Waals surface area (Å²) in [5.41, 5.74) is 5.37. The predicted molar refractivity (Wildman–Crippen MR) is 82.2 cm³/mol. The molecular formula is C17H17N3O. The van der Waals surface area contributed by atoms with Crippen molar-refractivity contribution in [2.45, 2.75) is 19.3 Å². The zero-order valence-electron chi connectivity index (χ0n) is 12.0. The molecule has 3 aromatic rings. The molecule has 2 aromatic heterocycles. The van der Waals surface area contributed by atoms with Crippen LogP contribution in [-0.2, 0) is 4.74 Å². The number of aryl methyl sites for hydroxylation is 1. The Hall–Kier alpha value is -2.20. The SMILES string of the molecule is Cc1[nH]nc2nc([C@H]3CCOC3)c(-c3ccccc3)cc12. The van der Waals surface area contributed by atoms with Gasteiger partial charge in [-0.1, -0.05) is 30.3 Å². The Labute approximate surface area is 123 Å². The van der Waals surface area contributed by atoms with Crippen molar-refractivity contribution in [3.05, 3.63) is 47.8 Å². The van der Waals surface area contributed by atoms with Crippen molar-refractivity contribution in [1.29, 1.82) is 0 Å². The molecule has 0 bridgehead atoms. The Balaban J connectivity index is 1.96. The van der Waals surface area contributed by atoms with Gasteiger partial charge in [0.25, 0.3) is 0 Å². The average Bonchev–Trinajstić information content (AvgIpc) is 3.17. The Morgan fingerprint density at radius 1 is 1.24 bits per heavy atom. The fourth-order valence-electron chi connectivity index (χ4n) is 2.99.